The molecule has 1 atom stereocenters. The molecule has 1 aliphatic heterocycles. The second kappa shape index (κ2) is 9.89. The molecular formula is C22H28N2O4S. The molecule has 2 aromatic rings. The van der Waals surface area contributed by atoms with Crippen LogP contribution in [0.2, 0.25) is 0 Å². The van der Waals surface area contributed by atoms with Crippen molar-refractivity contribution in [2.45, 2.75) is 37.5 Å². The van der Waals surface area contributed by atoms with Gasteiger partial charge in [0.2, 0.25) is 15.9 Å². The highest BCUT2D eigenvalue weighted by molar-refractivity contribution is 7.89. The zero-order valence-electron chi connectivity index (χ0n) is 16.7. The molecule has 1 amide bonds. The zero-order valence-corrected chi connectivity index (χ0v) is 17.5. The number of nitrogens with zero attached hydrogens (tertiary/aromatic N) is 1. The molecule has 1 unspecified atom stereocenters. The van der Waals surface area contributed by atoms with Crippen molar-refractivity contribution in [2.24, 2.45) is 5.92 Å². The highest BCUT2D eigenvalue weighted by atomic mass is 32.2. The highest BCUT2D eigenvalue weighted by Gasteiger charge is 2.30. The lowest BCUT2D eigenvalue weighted by atomic mass is 9.94. The van der Waals surface area contributed by atoms with Crippen molar-refractivity contribution in [3.63, 3.8) is 0 Å². The fourth-order valence-corrected chi connectivity index (χ4v) is 5.16. The van der Waals surface area contributed by atoms with Crippen LogP contribution in [0, 0.1) is 5.92 Å². The van der Waals surface area contributed by atoms with E-state index in [1.54, 1.807) is 34.6 Å². The molecule has 1 N–H and O–H groups in total. The number of carbonyl (C=O) groups is 1. The molecule has 0 bridgehead atoms. The van der Waals surface area contributed by atoms with E-state index in [0.29, 0.717) is 37.4 Å². The third-order valence-corrected chi connectivity index (χ3v) is 6.97. The molecule has 6 nitrogen and oxygen atoms in total. The molecule has 29 heavy (non-hydrogen) atoms. The van der Waals surface area contributed by atoms with Gasteiger partial charge >= 0.3 is 0 Å². The van der Waals surface area contributed by atoms with Crippen LogP contribution in [-0.2, 0) is 14.8 Å². The molecule has 1 aliphatic rings. The summed E-state index contributed by atoms with van der Waals surface area (Å²) in [7, 11) is -3.47. The van der Waals surface area contributed by atoms with Crippen molar-refractivity contribution in [3.8, 4) is 5.75 Å². The summed E-state index contributed by atoms with van der Waals surface area (Å²) in [6, 6.07) is 15.8. The van der Waals surface area contributed by atoms with Gasteiger partial charge in [0.1, 0.15) is 5.75 Å². The van der Waals surface area contributed by atoms with Gasteiger partial charge < -0.3 is 10.1 Å². The second-order valence-corrected chi connectivity index (χ2v) is 9.17. The third kappa shape index (κ3) is 5.81. The maximum atomic E-state index is 12.8. The molecule has 0 aromatic heterocycles. The number of hydrogen-bond acceptors (Lipinski definition) is 4. The van der Waals surface area contributed by atoms with Gasteiger partial charge in [-0.25, -0.2) is 8.42 Å². The van der Waals surface area contributed by atoms with Gasteiger partial charge in [0.25, 0.3) is 0 Å². The summed E-state index contributed by atoms with van der Waals surface area (Å²) < 4.78 is 32.6. The predicted octanol–water partition coefficient (Wildman–Crippen LogP) is 3.90. The lowest BCUT2D eigenvalue weighted by Gasteiger charge is -2.31. The van der Waals surface area contributed by atoms with Crippen molar-refractivity contribution in [1.29, 1.82) is 0 Å². The maximum Gasteiger partial charge on any atom is 0.243 e. The topological polar surface area (TPSA) is 75.7 Å². The van der Waals surface area contributed by atoms with E-state index in [9.17, 15) is 13.2 Å². The summed E-state index contributed by atoms with van der Waals surface area (Å²) in [5.74, 6) is 0.901. The van der Waals surface area contributed by atoms with Gasteiger partial charge in [0.05, 0.1) is 11.5 Å². The Morgan fingerprint density at radius 2 is 1.86 bits per heavy atom. The van der Waals surface area contributed by atoms with E-state index in [4.69, 9.17) is 4.74 Å². The Kier molecular flexibility index (Phi) is 7.28. The summed E-state index contributed by atoms with van der Waals surface area (Å²) in [5.41, 5.74) is 0.732. The van der Waals surface area contributed by atoms with Crippen LogP contribution in [0.1, 0.15) is 32.6 Å². The Balaban J connectivity index is 1.51. The predicted molar refractivity (Wildman–Crippen MR) is 113 cm³/mol. The lowest BCUT2D eigenvalue weighted by molar-refractivity contribution is -0.116. The summed E-state index contributed by atoms with van der Waals surface area (Å²) in [6.45, 7) is 3.52. The standard InChI is InChI=1S/C22H28N2O4S/c1-2-28-20-13-11-19(12-14-20)23-22(25)15-10-18-7-6-16-24(17-18)29(26,27)21-8-4-3-5-9-21/h3-5,8-9,11-14,18H,2,6-7,10,15-17H2,1H3,(H,23,25). The van der Waals surface area contributed by atoms with Crippen LogP contribution in [0.4, 0.5) is 5.69 Å². The molecule has 7 heteroatoms. The summed E-state index contributed by atoms with van der Waals surface area (Å²) in [4.78, 5) is 12.6. The van der Waals surface area contributed by atoms with Crippen LogP contribution in [0.5, 0.6) is 5.75 Å². The second-order valence-electron chi connectivity index (χ2n) is 7.23. The molecule has 3 rings (SSSR count). The maximum absolute atomic E-state index is 12.8. The Morgan fingerprint density at radius 3 is 2.55 bits per heavy atom. The number of hydrogen-bond donors (Lipinski definition) is 1. The Hall–Kier alpha value is -2.38. The molecule has 1 heterocycles. The van der Waals surface area contributed by atoms with Crippen LogP contribution in [0.25, 0.3) is 0 Å². The van der Waals surface area contributed by atoms with Gasteiger partial charge in [-0.2, -0.15) is 4.31 Å². The van der Waals surface area contributed by atoms with Gasteiger partial charge in [0.15, 0.2) is 0 Å². The minimum absolute atomic E-state index is 0.0581. The first kappa shape index (κ1) is 21.3. The number of nitrogens with one attached hydrogen (secondary N) is 1. The van der Waals surface area contributed by atoms with Crippen LogP contribution in [0.15, 0.2) is 59.5 Å². The average Bonchev–Trinajstić information content (AvgIpc) is 2.75. The van der Waals surface area contributed by atoms with Crippen LogP contribution >= 0.6 is 0 Å². The number of piperidine rings is 1. The molecule has 1 saturated heterocycles. The largest absolute Gasteiger partial charge is 0.494 e. The number of sulfonamides is 1. The molecule has 0 radical (unpaired) electrons. The van der Waals surface area contributed by atoms with Gasteiger partial charge in [-0.05, 0) is 68.5 Å². The fourth-order valence-electron chi connectivity index (χ4n) is 3.58. The first-order valence-corrected chi connectivity index (χ1v) is 11.5. The smallest absolute Gasteiger partial charge is 0.243 e. The minimum Gasteiger partial charge on any atom is -0.494 e. The number of amides is 1. The quantitative estimate of drug-likeness (QED) is 0.708. The van der Waals surface area contributed by atoms with Crippen molar-refractivity contribution >= 4 is 21.6 Å². The number of rotatable bonds is 8. The first-order valence-electron chi connectivity index (χ1n) is 10.1. The minimum atomic E-state index is -3.47. The van der Waals surface area contributed by atoms with Crippen molar-refractivity contribution in [1.82, 2.24) is 4.31 Å². The van der Waals surface area contributed by atoms with Crippen LogP contribution < -0.4 is 10.1 Å². The monoisotopic (exact) mass is 416 g/mol. The number of ether oxygens (including phenoxy) is 1. The van der Waals surface area contributed by atoms with Gasteiger partial charge in [-0.3, -0.25) is 4.79 Å². The van der Waals surface area contributed by atoms with Crippen molar-refractivity contribution in [3.05, 3.63) is 54.6 Å². The van der Waals surface area contributed by atoms with Crippen LogP contribution in [0.3, 0.4) is 0 Å². The molecule has 0 aliphatic carbocycles. The van der Waals surface area contributed by atoms with E-state index >= 15 is 0 Å². The average molecular weight is 417 g/mol. The van der Waals surface area contributed by atoms with Gasteiger partial charge in [-0.15, -0.1) is 0 Å². The van der Waals surface area contributed by atoms with E-state index in [0.717, 1.165) is 24.3 Å². The SMILES string of the molecule is CCOc1ccc(NC(=O)CCC2CCCN(S(=O)(=O)c3ccccc3)C2)cc1. The van der Waals surface area contributed by atoms with E-state index in [1.165, 1.54) is 0 Å². The molecule has 0 spiro atoms. The summed E-state index contributed by atoms with van der Waals surface area (Å²) >= 11 is 0. The Labute approximate surface area is 172 Å². The zero-order chi connectivity index (χ0) is 20.7. The summed E-state index contributed by atoms with van der Waals surface area (Å²) in [6.07, 6.45) is 2.80. The van der Waals surface area contributed by atoms with Crippen LogP contribution in [-0.4, -0.2) is 38.3 Å². The fraction of sp³-hybridized carbons (Fsp3) is 0.409. The third-order valence-electron chi connectivity index (χ3n) is 5.09. The number of benzene rings is 2. The molecular weight excluding hydrogens is 388 g/mol. The normalized spacial score (nSPS) is 17.6. The number of carbonyl (C=O) groups excluding carboxylic acids is 1. The first-order chi connectivity index (χ1) is 14.0. The lowest BCUT2D eigenvalue weighted by Crippen LogP contribution is -2.40. The van der Waals surface area contributed by atoms with Crippen molar-refractivity contribution in [2.75, 3.05) is 25.0 Å². The molecule has 156 valence electrons. The van der Waals surface area contributed by atoms with E-state index in [-0.39, 0.29) is 11.8 Å². The van der Waals surface area contributed by atoms with Gasteiger partial charge in [-0.1, -0.05) is 18.2 Å². The van der Waals surface area contributed by atoms with E-state index < -0.39 is 10.0 Å². The van der Waals surface area contributed by atoms with Gasteiger partial charge in [0, 0.05) is 25.2 Å². The Bertz CT molecular complexity index is 898. The van der Waals surface area contributed by atoms with E-state index in [1.807, 2.05) is 31.2 Å². The van der Waals surface area contributed by atoms with Crippen molar-refractivity contribution < 1.29 is 17.9 Å². The number of anilines is 1. The van der Waals surface area contributed by atoms with E-state index in [2.05, 4.69) is 5.32 Å². The molecule has 0 saturated carbocycles. The summed E-state index contributed by atoms with van der Waals surface area (Å²) in [5, 5.41) is 2.89. The Morgan fingerprint density at radius 1 is 1.14 bits per heavy atom. The molecule has 1 fully saturated rings. The highest BCUT2D eigenvalue weighted by Crippen LogP contribution is 2.26. The molecule has 2 aromatic carbocycles.